The Kier molecular flexibility index (Phi) is 6.34. The molecule has 3 rings (SSSR count). The van der Waals surface area contributed by atoms with Crippen LogP contribution in [0.15, 0.2) is 48.7 Å². The molecule has 6 heteroatoms. The summed E-state index contributed by atoms with van der Waals surface area (Å²) in [6, 6.07) is 11.2. The number of esters is 1. The Morgan fingerprint density at radius 3 is 2.59 bits per heavy atom. The highest BCUT2D eigenvalue weighted by Crippen LogP contribution is 2.31. The molecule has 29 heavy (non-hydrogen) atoms. The Bertz CT molecular complexity index is 1060. The number of carbonyl (C=O) groups is 2. The molecule has 3 aromatic rings. The minimum atomic E-state index is -0.614. The van der Waals surface area contributed by atoms with Crippen LogP contribution in [0.4, 0.5) is 0 Å². The average molecular weight is 393 g/mol. The van der Waals surface area contributed by atoms with Crippen molar-refractivity contribution in [2.75, 3.05) is 20.8 Å². The number of aromatic nitrogens is 1. The van der Waals surface area contributed by atoms with Crippen LogP contribution in [0.25, 0.3) is 17.0 Å². The molecule has 6 nitrogen and oxygen atoms in total. The lowest BCUT2D eigenvalue weighted by Crippen LogP contribution is -2.12. The maximum Gasteiger partial charge on any atom is 0.331 e. The van der Waals surface area contributed by atoms with E-state index in [9.17, 15) is 9.59 Å². The van der Waals surface area contributed by atoms with Gasteiger partial charge in [-0.2, -0.15) is 0 Å². The number of Topliss-reactive ketones (excluding diaryl/α,β-unsaturated/α-hetero) is 1. The summed E-state index contributed by atoms with van der Waals surface area (Å²) in [7, 11) is 3.07. The molecular weight excluding hydrogens is 370 g/mol. The van der Waals surface area contributed by atoms with Crippen LogP contribution >= 0.6 is 0 Å². The summed E-state index contributed by atoms with van der Waals surface area (Å²) in [6.45, 7) is 1.73. The van der Waals surface area contributed by atoms with Crippen molar-refractivity contribution >= 4 is 28.7 Å². The van der Waals surface area contributed by atoms with Crippen molar-refractivity contribution in [2.45, 2.75) is 13.3 Å². The van der Waals surface area contributed by atoms with Gasteiger partial charge in [-0.15, -0.1) is 0 Å². The largest absolute Gasteiger partial charge is 0.493 e. The smallest absolute Gasteiger partial charge is 0.331 e. The minimum absolute atomic E-state index is 0.259. The highest BCUT2D eigenvalue weighted by molar-refractivity contribution is 6.09. The van der Waals surface area contributed by atoms with Gasteiger partial charge in [0.1, 0.15) is 0 Å². The first-order chi connectivity index (χ1) is 14.1. The number of nitrogens with one attached hydrogen (secondary N) is 1. The first-order valence-corrected chi connectivity index (χ1v) is 9.27. The summed E-state index contributed by atoms with van der Waals surface area (Å²) < 4.78 is 15.7. The van der Waals surface area contributed by atoms with Crippen LogP contribution in [0.3, 0.4) is 0 Å². The zero-order chi connectivity index (χ0) is 20.8. The molecule has 0 fully saturated rings. The fraction of sp³-hybridized carbons (Fsp3) is 0.217. The number of fused-ring (bicyclic) bond motifs is 1. The Morgan fingerprint density at radius 1 is 1.07 bits per heavy atom. The van der Waals surface area contributed by atoms with Crippen molar-refractivity contribution in [3.05, 3.63) is 65.4 Å². The first kappa shape index (κ1) is 20.2. The molecule has 1 heterocycles. The van der Waals surface area contributed by atoms with Crippen LogP contribution in [0.2, 0.25) is 0 Å². The molecule has 0 aliphatic heterocycles. The molecule has 1 aromatic heterocycles. The second-order valence-corrected chi connectivity index (χ2v) is 6.34. The Hall–Kier alpha value is -3.54. The van der Waals surface area contributed by atoms with Crippen molar-refractivity contribution in [2.24, 2.45) is 0 Å². The van der Waals surface area contributed by atoms with Gasteiger partial charge in [0.15, 0.2) is 18.1 Å². The second kappa shape index (κ2) is 9.10. The Labute approximate surface area is 169 Å². The van der Waals surface area contributed by atoms with Crippen LogP contribution < -0.4 is 9.47 Å². The van der Waals surface area contributed by atoms with Crippen LogP contribution in [0, 0.1) is 0 Å². The average Bonchev–Trinajstić information content (AvgIpc) is 3.19. The normalized spacial score (nSPS) is 11.0. The number of H-pyrrole nitrogens is 1. The van der Waals surface area contributed by atoms with E-state index in [1.165, 1.54) is 13.2 Å². The van der Waals surface area contributed by atoms with Crippen molar-refractivity contribution in [3.63, 3.8) is 0 Å². The van der Waals surface area contributed by atoms with Crippen molar-refractivity contribution in [1.82, 2.24) is 4.98 Å². The number of ether oxygens (including phenoxy) is 3. The van der Waals surface area contributed by atoms with E-state index in [1.807, 2.05) is 18.2 Å². The number of para-hydroxylation sites is 2. The summed E-state index contributed by atoms with van der Waals surface area (Å²) in [5.74, 6) is 0.201. The van der Waals surface area contributed by atoms with E-state index in [0.717, 1.165) is 22.9 Å². The van der Waals surface area contributed by atoms with Gasteiger partial charge in [-0.25, -0.2) is 4.79 Å². The Balaban J connectivity index is 1.67. The van der Waals surface area contributed by atoms with Gasteiger partial charge in [-0.1, -0.05) is 37.3 Å². The lowest BCUT2D eigenvalue weighted by atomic mass is 10.1. The number of aromatic amines is 1. The standard InChI is InChI=1S/C23H23NO5/c1-4-15-7-5-9-17-18(13-24-22(15)17)19(25)14-29-21(26)12-11-16-8-6-10-20(27-2)23(16)28-3/h5-13,24H,4,14H2,1-3H3/b12-11+. The van der Waals surface area contributed by atoms with Crippen LogP contribution in [-0.2, 0) is 16.0 Å². The number of carbonyl (C=O) groups excluding carboxylic acids is 2. The van der Waals surface area contributed by atoms with Gasteiger partial charge in [0.05, 0.1) is 14.2 Å². The lowest BCUT2D eigenvalue weighted by molar-refractivity contribution is -0.136. The molecule has 0 aliphatic rings. The number of rotatable bonds is 8. The highest BCUT2D eigenvalue weighted by atomic mass is 16.5. The van der Waals surface area contributed by atoms with E-state index in [4.69, 9.17) is 14.2 Å². The molecule has 0 amide bonds. The van der Waals surface area contributed by atoms with Gasteiger partial charge in [-0.3, -0.25) is 4.79 Å². The van der Waals surface area contributed by atoms with E-state index in [-0.39, 0.29) is 12.4 Å². The van der Waals surface area contributed by atoms with Crippen LogP contribution in [0.1, 0.15) is 28.4 Å². The highest BCUT2D eigenvalue weighted by Gasteiger charge is 2.15. The third kappa shape index (κ3) is 4.32. The predicted octanol–water partition coefficient (Wildman–Crippen LogP) is 4.19. The monoisotopic (exact) mass is 393 g/mol. The molecule has 0 saturated heterocycles. The maximum atomic E-state index is 12.5. The van der Waals surface area contributed by atoms with E-state index < -0.39 is 5.97 Å². The van der Waals surface area contributed by atoms with Gasteiger partial charge in [0.2, 0.25) is 5.78 Å². The molecular formula is C23H23NO5. The number of ketones is 1. The van der Waals surface area contributed by atoms with E-state index in [0.29, 0.717) is 22.6 Å². The van der Waals surface area contributed by atoms with Crippen LogP contribution in [-0.4, -0.2) is 37.6 Å². The number of hydrogen-bond donors (Lipinski definition) is 1. The lowest BCUT2D eigenvalue weighted by Gasteiger charge is -2.09. The van der Waals surface area contributed by atoms with Gasteiger partial charge in [0, 0.05) is 34.3 Å². The quantitative estimate of drug-likeness (QED) is 0.353. The molecule has 0 bridgehead atoms. The topological polar surface area (TPSA) is 77.6 Å². The third-order valence-electron chi connectivity index (χ3n) is 4.66. The molecule has 0 unspecified atom stereocenters. The minimum Gasteiger partial charge on any atom is -0.493 e. The summed E-state index contributed by atoms with van der Waals surface area (Å²) >= 11 is 0. The fourth-order valence-electron chi connectivity index (χ4n) is 3.21. The molecule has 0 spiro atoms. The SMILES string of the molecule is CCc1cccc2c(C(=O)COC(=O)/C=C/c3cccc(OC)c3OC)c[nH]c12. The molecule has 2 aromatic carbocycles. The number of benzene rings is 2. The molecule has 0 atom stereocenters. The van der Waals surface area contributed by atoms with Gasteiger partial charge in [0.25, 0.3) is 0 Å². The summed E-state index contributed by atoms with van der Waals surface area (Å²) in [5.41, 5.74) is 3.25. The molecule has 150 valence electrons. The molecule has 0 saturated carbocycles. The van der Waals surface area contributed by atoms with E-state index >= 15 is 0 Å². The fourth-order valence-corrected chi connectivity index (χ4v) is 3.21. The number of aryl methyl sites for hydroxylation is 1. The maximum absolute atomic E-state index is 12.5. The zero-order valence-corrected chi connectivity index (χ0v) is 16.7. The van der Waals surface area contributed by atoms with Crippen molar-refractivity contribution < 1.29 is 23.8 Å². The van der Waals surface area contributed by atoms with Gasteiger partial charge in [-0.05, 0) is 24.1 Å². The summed E-state index contributed by atoms with van der Waals surface area (Å²) in [4.78, 5) is 27.7. The molecule has 1 N–H and O–H groups in total. The van der Waals surface area contributed by atoms with E-state index in [1.54, 1.807) is 37.6 Å². The van der Waals surface area contributed by atoms with Gasteiger partial charge >= 0.3 is 5.97 Å². The predicted molar refractivity (Wildman–Crippen MR) is 112 cm³/mol. The van der Waals surface area contributed by atoms with E-state index in [2.05, 4.69) is 11.9 Å². The summed E-state index contributed by atoms with van der Waals surface area (Å²) in [5, 5.41) is 0.835. The van der Waals surface area contributed by atoms with Crippen LogP contribution in [0.5, 0.6) is 11.5 Å². The van der Waals surface area contributed by atoms with Crippen molar-refractivity contribution in [3.8, 4) is 11.5 Å². The second-order valence-electron chi connectivity index (χ2n) is 6.34. The Morgan fingerprint density at radius 2 is 1.86 bits per heavy atom. The zero-order valence-electron chi connectivity index (χ0n) is 16.7. The number of hydrogen-bond acceptors (Lipinski definition) is 5. The van der Waals surface area contributed by atoms with Gasteiger partial charge < -0.3 is 19.2 Å². The molecule has 0 radical (unpaired) electrons. The molecule has 0 aliphatic carbocycles. The third-order valence-corrected chi connectivity index (χ3v) is 4.66. The summed E-state index contributed by atoms with van der Waals surface area (Å²) in [6.07, 6.45) is 5.35. The first-order valence-electron chi connectivity index (χ1n) is 9.27. The van der Waals surface area contributed by atoms with Crippen molar-refractivity contribution in [1.29, 1.82) is 0 Å². The number of methoxy groups -OCH3 is 2.